The van der Waals surface area contributed by atoms with Crippen molar-refractivity contribution in [1.82, 2.24) is 10.2 Å². The number of sulfone groups is 1. The lowest BCUT2D eigenvalue weighted by Crippen LogP contribution is -2.41. The number of likely N-dealkylation sites (N-methyl/N-ethyl adjacent to an activating group) is 1. The standard InChI is InChI=1S/C11H22N2O3S/c1-3-13(4-2)8-11(14)7-12-10-5-6-17(15,16)9-10/h5-6,10-12,14H,3-4,7-9H2,1-2H3. The number of nitrogens with one attached hydrogen (secondary N) is 1. The fourth-order valence-corrected chi connectivity index (χ4v) is 3.10. The third-order valence-corrected chi connectivity index (χ3v) is 4.30. The molecule has 17 heavy (non-hydrogen) atoms. The third kappa shape index (κ3) is 5.16. The summed E-state index contributed by atoms with van der Waals surface area (Å²) in [5, 5.41) is 14.1. The Kier molecular flexibility index (Phi) is 5.58. The average Bonchev–Trinajstić information content (AvgIpc) is 2.63. The third-order valence-electron chi connectivity index (χ3n) is 2.91. The smallest absolute Gasteiger partial charge is 0.173 e. The van der Waals surface area contributed by atoms with E-state index in [2.05, 4.69) is 24.1 Å². The molecule has 0 saturated carbocycles. The molecule has 0 aromatic carbocycles. The number of rotatable bonds is 7. The Labute approximate surface area is 103 Å². The predicted molar refractivity (Wildman–Crippen MR) is 68.5 cm³/mol. The van der Waals surface area contributed by atoms with Crippen LogP contribution in [0.5, 0.6) is 0 Å². The average molecular weight is 262 g/mol. The van der Waals surface area contributed by atoms with Crippen molar-refractivity contribution in [2.45, 2.75) is 26.0 Å². The van der Waals surface area contributed by atoms with E-state index in [4.69, 9.17) is 0 Å². The van der Waals surface area contributed by atoms with Crippen molar-refractivity contribution in [1.29, 1.82) is 0 Å². The lowest BCUT2D eigenvalue weighted by Gasteiger charge is -2.22. The van der Waals surface area contributed by atoms with Crippen LogP contribution in [-0.4, -0.2) is 62.5 Å². The summed E-state index contributed by atoms with van der Waals surface area (Å²) in [6, 6.07) is -0.161. The summed E-state index contributed by atoms with van der Waals surface area (Å²) >= 11 is 0. The largest absolute Gasteiger partial charge is 0.390 e. The molecule has 0 aliphatic carbocycles. The molecule has 0 fully saturated rings. The van der Waals surface area contributed by atoms with Gasteiger partial charge < -0.3 is 15.3 Å². The Morgan fingerprint density at radius 3 is 2.59 bits per heavy atom. The SMILES string of the molecule is CCN(CC)CC(O)CNC1C=CS(=O)(=O)C1. The fraction of sp³-hybridized carbons (Fsp3) is 0.818. The maximum Gasteiger partial charge on any atom is 0.173 e. The fourth-order valence-electron chi connectivity index (χ4n) is 1.83. The minimum atomic E-state index is -3.01. The van der Waals surface area contributed by atoms with Gasteiger partial charge in [-0.2, -0.15) is 0 Å². The van der Waals surface area contributed by atoms with E-state index in [-0.39, 0.29) is 11.8 Å². The normalized spacial score (nSPS) is 24.4. The minimum Gasteiger partial charge on any atom is -0.390 e. The maximum absolute atomic E-state index is 11.2. The van der Waals surface area contributed by atoms with Gasteiger partial charge in [0.05, 0.1) is 11.9 Å². The molecular weight excluding hydrogens is 240 g/mol. The number of aliphatic hydroxyl groups is 1. The van der Waals surface area contributed by atoms with Gasteiger partial charge in [0.1, 0.15) is 0 Å². The van der Waals surface area contributed by atoms with E-state index in [1.165, 1.54) is 5.41 Å². The second kappa shape index (κ2) is 6.49. The first-order valence-electron chi connectivity index (χ1n) is 6.01. The summed E-state index contributed by atoms with van der Waals surface area (Å²) < 4.78 is 22.3. The molecule has 2 atom stereocenters. The molecule has 100 valence electrons. The van der Waals surface area contributed by atoms with Crippen LogP contribution >= 0.6 is 0 Å². The number of nitrogens with zero attached hydrogens (tertiary/aromatic N) is 1. The summed E-state index contributed by atoms with van der Waals surface area (Å²) in [7, 11) is -3.01. The topological polar surface area (TPSA) is 69.6 Å². The highest BCUT2D eigenvalue weighted by Crippen LogP contribution is 2.07. The Morgan fingerprint density at radius 2 is 2.12 bits per heavy atom. The molecule has 1 heterocycles. The molecule has 2 unspecified atom stereocenters. The van der Waals surface area contributed by atoms with Crippen molar-refractivity contribution < 1.29 is 13.5 Å². The molecule has 0 spiro atoms. The van der Waals surface area contributed by atoms with Gasteiger partial charge in [0.2, 0.25) is 0 Å². The Hall–Kier alpha value is -0.430. The molecule has 0 amide bonds. The van der Waals surface area contributed by atoms with Crippen LogP contribution < -0.4 is 5.32 Å². The van der Waals surface area contributed by atoms with E-state index in [1.54, 1.807) is 6.08 Å². The number of hydrogen-bond acceptors (Lipinski definition) is 5. The maximum atomic E-state index is 11.2. The number of aliphatic hydroxyl groups excluding tert-OH is 1. The van der Waals surface area contributed by atoms with Gasteiger partial charge in [-0.15, -0.1) is 0 Å². The van der Waals surface area contributed by atoms with Crippen LogP contribution in [0.3, 0.4) is 0 Å². The Bertz CT molecular complexity index is 350. The highest BCUT2D eigenvalue weighted by Gasteiger charge is 2.21. The van der Waals surface area contributed by atoms with Gasteiger partial charge in [0.15, 0.2) is 9.84 Å². The van der Waals surface area contributed by atoms with Gasteiger partial charge in [-0.1, -0.05) is 19.9 Å². The highest BCUT2D eigenvalue weighted by molar-refractivity contribution is 7.94. The molecule has 6 heteroatoms. The van der Waals surface area contributed by atoms with Crippen molar-refractivity contribution >= 4 is 9.84 Å². The van der Waals surface area contributed by atoms with Gasteiger partial charge >= 0.3 is 0 Å². The molecule has 1 rings (SSSR count). The van der Waals surface area contributed by atoms with Crippen molar-refractivity contribution in [2.75, 3.05) is 31.9 Å². The first-order valence-corrected chi connectivity index (χ1v) is 7.73. The molecule has 1 aliphatic heterocycles. The zero-order chi connectivity index (χ0) is 12.9. The van der Waals surface area contributed by atoms with Crippen LogP contribution in [-0.2, 0) is 9.84 Å². The molecule has 2 N–H and O–H groups in total. The Morgan fingerprint density at radius 1 is 1.47 bits per heavy atom. The van der Waals surface area contributed by atoms with Gasteiger partial charge in [0.25, 0.3) is 0 Å². The first kappa shape index (κ1) is 14.6. The van der Waals surface area contributed by atoms with Crippen LogP contribution in [0.25, 0.3) is 0 Å². The van der Waals surface area contributed by atoms with Crippen molar-refractivity contribution in [2.24, 2.45) is 0 Å². The van der Waals surface area contributed by atoms with E-state index in [0.717, 1.165) is 13.1 Å². The lowest BCUT2D eigenvalue weighted by atomic mass is 10.2. The molecule has 0 aromatic heterocycles. The molecular formula is C11H22N2O3S. The van der Waals surface area contributed by atoms with E-state index in [1.807, 2.05) is 0 Å². The van der Waals surface area contributed by atoms with Crippen LogP contribution in [0.2, 0.25) is 0 Å². The quantitative estimate of drug-likeness (QED) is 0.653. The molecule has 0 aromatic rings. The molecule has 0 saturated heterocycles. The van der Waals surface area contributed by atoms with E-state index in [9.17, 15) is 13.5 Å². The van der Waals surface area contributed by atoms with Crippen LogP contribution in [0.4, 0.5) is 0 Å². The molecule has 1 aliphatic rings. The Balaban J connectivity index is 2.25. The van der Waals surface area contributed by atoms with Crippen LogP contribution in [0.1, 0.15) is 13.8 Å². The number of hydrogen-bond donors (Lipinski definition) is 2. The summed E-state index contributed by atoms with van der Waals surface area (Å²) in [6.45, 7) is 6.95. The second-order valence-electron chi connectivity index (χ2n) is 4.31. The van der Waals surface area contributed by atoms with Gasteiger partial charge in [-0.25, -0.2) is 8.42 Å². The minimum absolute atomic E-state index is 0.102. The van der Waals surface area contributed by atoms with Gasteiger partial charge in [0, 0.05) is 24.5 Å². The van der Waals surface area contributed by atoms with Crippen molar-refractivity contribution in [3.05, 3.63) is 11.5 Å². The zero-order valence-electron chi connectivity index (χ0n) is 10.5. The van der Waals surface area contributed by atoms with Gasteiger partial charge in [-0.05, 0) is 13.1 Å². The van der Waals surface area contributed by atoms with E-state index in [0.29, 0.717) is 13.1 Å². The summed E-state index contributed by atoms with van der Waals surface area (Å²) in [5.74, 6) is 0.102. The van der Waals surface area contributed by atoms with Gasteiger partial charge in [-0.3, -0.25) is 0 Å². The monoisotopic (exact) mass is 262 g/mol. The van der Waals surface area contributed by atoms with Crippen LogP contribution in [0.15, 0.2) is 11.5 Å². The summed E-state index contributed by atoms with van der Waals surface area (Å²) in [5.41, 5.74) is 0. The molecule has 0 radical (unpaired) electrons. The highest BCUT2D eigenvalue weighted by atomic mass is 32.2. The first-order chi connectivity index (χ1) is 7.96. The van der Waals surface area contributed by atoms with Crippen LogP contribution in [0, 0.1) is 0 Å². The second-order valence-corrected chi connectivity index (χ2v) is 6.24. The zero-order valence-corrected chi connectivity index (χ0v) is 11.3. The summed E-state index contributed by atoms with van der Waals surface area (Å²) in [6.07, 6.45) is 1.17. The molecule has 0 bridgehead atoms. The lowest BCUT2D eigenvalue weighted by molar-refractivity contribution is 0.116. The van der Waals surface area contributed by atoms with Crippen molar-refractivity contribution in [3.8, 4) is 0 Å². The molecule has 5 nitrogen and oxygen atoms in total. The van der Waals surface area contributed by atoms with E-state index < -0.39 is 15.9 Å². The van der Waals surface area contributed by atoms with E-state index >= 15 is 0 Å². The predicted octanol–water partition coefficient (Wildman–Crippen LogP) is -0.411. The van der Waals surface area contributed by atoms with Crippen molar-refractivity contribution in [3.63, 3.8) is 0 Å². The summed E-state index contributed by atoms with van der Waals surface area (Å²) in [4.78, 5) is 2.13.